The minimum atomic E-state index is -0.792. The molecule has 0 aliphatic carbocycles. The number of carbonyl (C=O) groups is 4. The first-order chi connectivity index (χ1) is 17.6. The van der Waals surface area contributed by atoms with Crippen molar-refractivity contribution in [2.45, 2.75) is 84.1 Å². The van der Waals surface area contributed by atoms with Crippen molar-refractivity contribution < 1.29 is 57.2 Å². The van der Waals surface area contributed by atoms with Crippen molar-refractivity contribution in [2.75, 3.05) is 11.4 Å². The van der Waals surface area contributed by atoms with Crippen molar-refractivity contribution in [3.63, 3.8) is 0 Å². The predicted octanol–water partition coefficient (Wildman–Crippen LogP) is -0.328. The Bertz CT molecular complexity index is 1230. The molecule has 0 bridgehead atoms. The van der Waals surface area contributed by atoms with Gasteiger partial charge in [0, 0.05) is 24.3 Å². The van der Waals surface area contributed by atoms with E-state index in [1.54, 1.807) is 52.5 Å². The number of amides is 3. The van der Waals surface area contributed by atoms with Gasteiger partial charge in [-0.2, -0.15) is 0 Å². The van der Waals surface area contributed by atoms with Crippen molar-refractivity contribution in [1.82, 2.24) is 10.2 Å². The summed E-state index contributed by atoms with van der Waals surface area (Å²) in [7, 11) is 1.91. The lowest BCUT2D eigenvalue weighted by atomic mass is 9.83. The van der Waals surface area contributed by atoms with Crippen LogP contribution in [0.3, 0.4) is 0 Å². The Morgan fingerprint density at radius 2 is 1.64 bits per heavy atom. The molecule has 3 aliphatic heterocycles. The van der Waals surface area contributed by atoms with Crippen molar-refractivity contribution in [3.8, 4) is 0 Å². The van der Waals surface area contributed by atoms with Crippen LogP contribution in [-0.4, -0.2) is 58.6 Å². The van der Waals surface area contributed by atoms with E-state index in [9.17, 15) is 19.2 Å². The Balaban J connectivity index is 0.00000420. The Morgan fingerprint density at radius 1 is 1.03 bits per heavy atom. The van der Waals surface area contributed by atoms with Gasteiger partial charge >= 0.3 is 12.1 Å². The number of anilines is 1. The molecule has 10 nitrogen and oxygen atoms in total. The molecule has 1 aromatic rings. The standard InChI is InChI=1S/C28H36N4O6.HI/c1-27(2,3)37-25(35)22-17(16-18-10-15-31(23(18)33)19-11-13-30(7)14-12-19)8-9-20-21(24(34)32(20)22)29-26(36)38-28(4,5)6;/h11-14,16,20-21H,8-10,15H2,1-7H3;1H. The second-order valence-corrected chi connectivity index (χ2v) is 11.9. The predicted molar refractivity (Wildman–Crippen MR) is 139 cm³/mol. The molecule has 2 fully saturated rings. The second-order valence-electron chi connectivity index (χ2n) is 11.9. The summed E-state index contributed by atoms with van der Waals surface area (Å²) in [5.74, 6) is -1.17. The fraction of sp³-hybridized carbons (Fsp3) is 0.536. The summed E-state index contributed by atoms with van der Waals surface area (Å²) >= 11 is 0. The molecule has 0 aromatic carbocycles. The Labute approximate surface area is 246 Å². The third-order valence-corrected chi connectivity index (χ3v) is 6.48. The maximum Gasteiger partial charge on any atom is 0.408 e. The van der Waals surface area contributed by atoms with Crippen molar-refractivity contribution in [2.24, 2.45) is 7.05 Å². The van der Waals surface area contributed by atoms with Gasteiger partial charge in [0.05, 0.1) is 11.7 Å². The second kappa shape index (κ2) is 11.3. The summed E-state index contributed by atoms with van der Waals surface area (Å²) in [6.07, 6.45) is 6.31. The van der Waals surface area contributed by atoms with Crippen molar-refractivity contribution >= 4 is 29.6 Å². The number of fused-ring (bicyclic) bond motifs is 1. The fourth-order valence-electron chi connectivity index (χ4n) is 4.86. The lowest BCUT2D eigenvalue weighted by molar-refractivity contribution is -0.671. The average molecular weight is 653 g/mol. The number of hydrogen-bond donors (Lipinski definition) is 1. The van der Waals surface area contributed by atoms with Gasteiger partial charge in [-0.05, 0) is 72.5 Å². The van der Waals surface area contributed by atoms with E-state index in [1.807, 2.05) is 36.1 Å². The molecule has 4 heterocycles. The zero-order valence-electron chi connectivity index (χ0n) is 23.5. The number of carbonyl (C=O) groups excluding carboxylic acids is 4. The van der Waals surface area contributed by atoms with E-state index in [-0.39, 0.29) is 35.6 Å². The molecular weight excluding hydrogens is 615 g/mol. The lowest BCUT2D eigenvalue weighted by Gasteiger charge is -2.50. The van der Waals surface area contributed by atoms with Gasteiger partial charge < -0.3 is 43.7 Å². The molecule has 212 valence electrons. The molecule has 2 atom stereocenters. The van der Waals surface area contributed by atoms with Gasteiger partial charge in [0.2, 0.25) is 0 Å². The number of halogens is 1. The summed E-state index contributed by atoms with van der Waals surface area (Å²) < 4.78 is 12.9. The Hall–Kier alpha value is -2.96. The quantitative estimate of drug-likeness (QED) is 0.157. The summed E-state index contributed by atoms with van der Waals surface area (Å²) in [6, 6.07) is 2.57. The van der Waals surface area contributed by atoms with E-state index in [4.69, 9.17) is 9.47 Å². The third-order valence-electron chi connectivity index (χ3n) is 6.48. The molecule has 39 heavy (non-hydrogen) atoms. The topological polar surface area (TPSA) is 109 Å². The molecule has 0 spiro atoms. The van der Waals surface area contributed by atoms with Crippen molar-refractivity contribution in [1.29, 1.82) is 0 Å². The monoisotopic (exact) mass is 652 g/mol. The molecule has 0 radical (unpaired) electrons. The third kappa shape index (κ3) is 6.79. The highest BCUT2D eigenvalue weighted by molar-refractivity contribution is 6.09. The summed E-state index contributed by atoms with van der Waals surface area (Å²) in [5, 5.41) is 2.65. The van der Waals surface area contributed by atoms with Crippen LogP contribution in [0.4, 0.5) is 10.5 Å². The fourth-order valence-corrected chi connectivity index (χ4v) is 4.86. The van der Waals surface area contributed by atoms with Crippen LogP contribution in [0.5, 0.6) is 0 Å². The molecule has 1 aromatic heterocycles. The molecule has 2 unspecified atom stereocenters. The Morgan fingerprint density at radius 3 is 2.23 bits per heavy atom. The summed E-state index contributed by atoms with van der Waals surface area (Å²) in [6.45, 7) is 11.0. The normalized spacial score (nSPS) is 22.3. The number of hydrogen-bond acceptors (Lipinski definition) is 6. The maximum atomic E-state index is 13.3. The number of ether oxygens (including phenoxy) is 2. The van der Waals surface area contributed by atoms with Crippen LogP contribution in [0, 0.1) is 0 Å². The van der Waals surface area contributed by atoms with E-state index >= 15 is 0 Å². The number of aryl methyl sites for hydroxylation is 1. The largest absolute Gasteiger partial charge is 1.00 e. The van der Waals surface area contributed by atoms with Crippen LogP contribution in [0.15, 0.2) is 47.4 Å². The van der Waals surface area contributed by atoms with E-state index in [2.05, 4.69) is 5.32 Å². The zero-order valence-corrected chi connectivity index (χ0v) is 25.7. The molecule has 4 rings (SSSR count). The molecule has 0 saturated carbocycles. The molecule has 11 heteroatoms. The van der Waals surface area contributed by atoms with Crippen LogP contribution < -0.4 is 38.8 Å². The minimum absolute atomic E-state index is 0. The zero-order chi connectivity index (χ0) is 28.0. The summed E-state index contributed by atoms with van der Waals surface area (Å²) in [4.78, 5) is 55.2. The van der Waals surface area contributed by atoms with Crippen LogP contribution in [0.1, 0.15) is 60.8 Å². The summed E-state index contributed by atoms with van der Waals surface area (Å²) in [5.41, 5.74) is 0.613. The van der Waals surface area contributed by atoms with Crippen molar-refractivity contribution in [3.05, 3.63) is 47.4 Å². The van der Waals surface area contributed by atoms with E-state index in [0.29, 0.717) is 37.0 Å². The number of nitrogens with zero attached hydrogens (tertiary/aromatic N) is 3. The SMILES string of the molecule is C[n+]1ccc(N2CCC(=CC3=C(C(=O)OC(C)(C)C)N4C(=O)C(NC(=O)OC(C)(C)C)C4CC3)C2=O)cc1.[I-]. The highest BCUT2D eigenvalue weighted by Crippen LogP contribution is 2.39. The van der Waals surface area contributed by atoms with Gasteiger partial charge in [-0.15, -0.1) is 0 Å². The van der Waals surface area contributed by atoms with Gasteiger partial charge in [0.15, 0.2) is 12.4 Å². The number of aromatic nitrogens is 1. The lowest BCUT2D eigenvalue weighted by Crippen LogP contribution is -3.00. The molecule has 1 N–H and O–H groups in total. The van der Waals surface area contributed by atoms with Gasteiger partial charge in [0.25, 0.3) is 11.8 Å². The first-order valence-corrected chi connectivity index (χ1v) is 12.9. The molecule has 3 amide bonds. The van der Waals surface area contributed by atoms with Gasteiger partial charge in [-0.3, -0.25) is 14.5 Å². The maximum absolute atomic E-state index is 13.3. The van der Waals surface area contributed by atoms with Crippen LogP contribution in [0.25, 0.3) is 0 Å². The average Bonchev–Trinajstić information content (AvgIpc) is 3.15. The minimum Gasteiger partial charge on any atom is -1.00 e. The number of rotatable bonds is 4. The Kier molecular flexibility index (Phi) is 8.83. The first-order valence-electron chi connectivity index (χ1n) is 12.9. The van der Waals surface area contributed by atoms with Crippen LogP contribution >= 0.6 is 0 Å². The van der Waals surface area contributed by atoms with Gasteiger partial charge in [-0.1, -0.05) is 0 Å². The van der Waals surface area contributed by atoms with E-state index in [1.165, 1.54) is 4.90 Å². The number of esters is 1. The molecular formula is C28H37IN4O6. The van der Waals surface area contributed by atoms with Gasteiger partial charge in [-0.25, -0.2) is 14.2 Å². The highest BCUT2D eigenvalue weighted by atomic mass is 127. The highest BCUT2D eigenvalue weighted by Gasteiger charge is 2.54. The number of pyridine rings is 1. The van der Waals surface area contributed by atoms with Crippen LogP contribution in [0.2, 0.25) is 0 Å². The smallest absolute Gasteiger partial charge is 0.408 e. The molecule has 3 aliphatic rings. The number of alkyl carbamates (subject to hydrolysis) is 1. The van der Waals surface area contributed by atoms with E-state index in [0.717, 1.165) is 5.69 Å². The number of allylic oxidation sites excluding steroid dienone is 2. The number of β-lactam (4-membered cyclic amide) rings is 1. The van der Waals surface area contributed by atoms with E-state index < -0.39 is 41.3 Å². The molecule has 2 saturated heterocycles. The van der Waals surface area contributed by atoms with Gasteiger partial charge in [0.1, 0.15) is 30.0 Å². The van der Waals surface area contributed by atoms with Crippen LogP contribution in [-0.2, 0) is 30.9 Å². The number of nitrogens with one attached hydrogen (secondary N) is 1. The first kappa shape index (κ1) is 30.6.